The van der Waals surface area contributed by atoms with E-state index in [1.807, 2.05) is 0 Å². The molecule has 0 aromatic carbocycles. The van der Waals surface area contributed by atoms with E-state index < -0.39 is 12.2 Å². The maximum atomic E-state index is 10.3. The molecule has 0 rings (SSSR count). The van der Waals surface area contributed by atoms with E-state index in [1.165, 1.54) is 103 Å². The number of rotatable bonds is 29. The fraction of sp³-hybridized carbons (Fsp3) is 0.778. The Hall–Kier alpha value is -1.12. The van der Waals surface area contributed by atoms with Crippen molar-refractivity contribution >= 4 is 0 Å². The Morgan fingerprint density at radius 2 is 0.658 bits per heavy atom. The highest BCUT2D eigenvalue weighted by Crippen LogP contribution is 2.15. The SMILES string of the molecule is CCCCC/C=C\C/C=C\CCCCCCCC(O)C(O)CCCCCCC/C=C\C/C=C\CCCCC. The molecule has 222 valence electrons. The van der Waals surface area contributed by atoms with Crippen molar-refractivity contribution < 1.29 is 10.2 Å². The minimum Gasteiger partial charge on any atom is -0.390 e. The molecule has 0 heterocycles. The third-order valence-corrected chi connectivity index (χ3v) is 7.35. The molecule has 0 aliphatic heterocycles. The molecule has 0 aliphatic carbocycles. The summed E-state index contributed by atoms with van der Waals surface area (Å²) in [5.74, 6) is 0. The van der Waals surface area contributed by atoms with Crippen molar-refractivity contribution in [2.24, 2.45) is 0 Å². The lowest BCUT2D eigenvalue weighted by Crippen LogP contribution is -2.25. The molecule has 0 amide bonds. The first kappa shape index (κ1) is 36.9. The summed E-state index contributed by atoms with van der Waals surface area (Å²) in [4.78, 5) is 0. The second kappa shape index (κ2) is 32.1. The number of unbranched alkanes of at least 4 members (excludes halogenated alkanes) is 16. The Bertz CT molecular complexity index is 510. The first-order valence-corrected chi connectivity index (χ1v) is 16.7. The van der Waals surface area contributed by atoms with Gasteiger partial charge in [0.1, 0.15) is 0 Å². The molecule has 2 N–H and O–H groups in total. The van der Waals surface area contributed by atoms with Gasteiger partial charge in [0.05, 0.1) is 12.2 Å². The Morgan fingerprint density at radius 3 is 1.00 bits per heavy atom. The second-order valence-electron chi connectivity index (χ2n) is 11.2. The maximum Gasteiger partial charge on any atom is 0.0799 e. The second-order valence-corrected chi connectivity index (χ2v) is 11.2. The number of allylic oxidation sites excluding steroid dienone is 8. The van der Waals surface area contributed by atoms with Crippen molar-refractivity contribution in [3.05, 3.63) is 48.6 Å². The van der Waals surface area contributed by atoms with Crippen molar-refractivity contribution in [3.8, 4) is 0 Å². The van der Waals surface area contributed by atoms with Crippen LogP contribution in [0.25, 0.3) is 0 Å². The molecule has 2 unspecified atom stereocenters. The summed E-state index contributed by atoms with van der Waals surface area (Å²) in [5.41, 5.74) is 0. The van der Waals surface area contributed by atoms with Gasteiger partial charge in [0.15, 0.2) is 0 Å². The van der Waals surface area contributed by atoms with Crippen molar-refractivity contribution in [3.63, 3.8) is 0 Å². The van der Waals surface area contributed by atoms with E-state index in [9.17, 15) is 10.2 Å². The Morgan fingerprint density at radius 1 is 0.368 bits per heavy atom. The van der Waals surface area contributed by atoms with Crippen molar-refractivity contribution in [1.29, 1.82) is 0 Å². The molecule has 2 heteroatoms. The van der Waals surface area contributed by atoms with E-state index in [2.05, 4.69) is 62.5 Å². The summed E-state index contributed by atoms with van der Waals surface area (Å²) in [6, 6.07) is 0. The molecule has 0 bridgehead atoms. The lowest BCUT2D eigenvalue weighted by atomic mass is 9.99. The zero-order chi connectivity index (χ0) is 27.8. The molecule has 0 saturated carbocycles. The van der Waals surface area contributed by atoms with Crippen LogP contribution in [0.1, 0.15) is 168 Å². The molecule has 38 heavy (non-hydrogen) atoms. The van der Waals surface area contributed by atoms with Gasteiger partial charge in [-0.05, 0) is 77.0 Å². The molecule has 0 saturated heterocycles. The first-order chi connectivity index (χ1) is 18.7. The lowest BCUT2D eigenvalue weighted by Gasteiger charge is -2.17. The molecular formula is C36H66O2. The van der Waals surface area contributed by atoms with Crippen LogP contribution in [0.4, 0.5) is 0 Å². The summed E-state index contributed by atoms with van der Waals surface area (Å²) < 4.78 is 0. The molecular weight excluding hydrogens is 464 g/mol. The largest absolute Gasteiger partial charge is 0.390 e. The molecule has 0 aliphatic rings. The van der Waals surface area contributed by atoms with Crippen LogP contribution >= 0.6 is 0 Å². The number of aliphatic hydroxyl groups is 2. The standard InChI is InChI=1S/C36H66O2/c1-3-5-7-9-11-13-15-17-19-21-23-25-27-29-31-33-35(37)36(38)34-32-30-28-26-24-22-20-18-16-14-12-10-8-6-4-2/h11-14,17-20,35-38H,3-10,15-16,21-34H2,1-2H3/b13-11-,14-12-,19-17-,20-18-. The molecule has 0 fully saturated rings. The van der Waals surface area contributed by atoms with E-state index in [0.717, 1.165) is 51.4 Å². The minimum atomic E-state index is -0.543. The van der Waals surface area contributed by atoms with Crippen LogP contribution in [-0.2, 0) is 0 Å². The van der Waals surface area contributed by atoms with Gasteiger partial charge in [0, 0.05) is 0 Å². The van der Waals surface area contributed by atoms with Crippen LogP contribution in [0.3, 0.4) is 0 Å². The summed E-state index contributed by atoms with van der Waals surface area (Å²) in [7, 11) is 0. The van der Waals surface area contributed by atoms with E-state index in [1.54, 1.807) is 0 Å². The summed E-state index contributed by atoms with van der Waals surface area (Å²) >= 11 is 0. The summed E-state index contributed by atoms with van der Waals surface area (Å²) in [5, 5.41) is 20.5. The van der Waals surface area contributed by atoms with E-state index in [-0.39, 0.29) is 0 Å². The van der Waals surface area contributed by atoms with Crippen molar-refractivity contribution in [2.45, 2.75) is 180 Å². The molecule has 2 atom stereocenters. The van der Waals surface area contributed by atoms with Crippen LogP contribution in [0, 0.1) is 0 Å². The quantitative estimate of drug-likeness (QED) is 0.0745. The van der Waals surface area contributed by atoms with Gasteiger partial charge in [-0.3, -0.25) is 0 Å². The monoisotopic (exact) mass is 531 g/mol. The third-order valence-electron chi connectivity index (χ3n) is 7.35. The molecule has 0 radical (unpaired) electrons. The highest BCUT2D eigenvalue weighted by atomic mass is 16.3. The third kappa shape index (κ3) is 29.4. The van der Waals surface area contributed by atoms with Crippen molar-refractivity contribution in [2.75, 3.05) is 0 Å². The topological polar surface area (TPSA) is 40.5 Å². The zero-order valence-electron chi connectivity index (χ0n) is 25.6. The van der Waals surface area contributed by atoms with Crippen LogP contribution in [-0.4, -0.2) is 22.4 Å². The van der Waals surface area contributed by atoms with Crippen molar-refractivity contribution in [1.82, 2.24) is 0 Å². The summed E-state index contributed by atoms with van der Waals surface area (Å²) in [6.07, 6.45) is 45.6. The number of hydrogen-bond donors (Lipinski definition) is 2. The smallest absolute Gasteiger partial charge is 0.0799 e. The predicted molar refractivity (Wildman–Crippen MR) is 171 cm³/mol. The zero-order valence-corrected chi connectivity index (χ0v) is 25.6. The number of aliphatic hydroxyl groups excluding tert-OH is 2. The lowest BCUT2D eigenvalue weighted by molar-refractivity contribution is 0.00712. The fourth-order valence-corrected chi connectivity index (χ4v) is 4.71. The Labute approximate surface area is 238 Å². The maximum absolute atomic E-state index is 10.3. The molecule has 0 spiro atoms. The Balaban J connectivity index is 3.44. The highest BCUT2D eigenvalue weighted by Gasteiger charge is 2.15. The van der Waals surface area contributed by atoms with Gasteiger partial charge in [-0.1, -0.05) is 140 Å². The van der Waals surface area contributed by atoms with Gasteiger partial charge in [-0.25, -0.2) is 0 Å². The average Bonchev–Trinajstić information content (AvgIpc) is 2.92. The van der Waals surface area contributed by atoms with Gasteiger partial charge in [0.25, 0.3) is 0 Å². The molecule has 0 aromatic rings. The fourth-order valence-electron chi connectivity index (χ4n) is 4.71. The van der Waals surface area contributed by atoms with E-state index in [4.69, 9.17) is 0 Å². The molecule has 2 nitrogen and oxygen atoms in total. The van der Waals surface area contributed by atoms with Crippen LogP contribution in [0.15, 0.2) is 48.6 Å². The predicted octanol–water partition coefficient (Wildman–Crippen LogP) is 11.3. The highest BCUT2D eigenvalue weighted by molar-refractivity contribution is 4.93. The number of hydrogen-bond acceptors (Lipinski definition) is 2. The van der Waals surface area contributed by atoms with E-state index in [0.29, 0.717) is 0 Å². The minimum absolute atomic E-state index is 0.543. The molecule has 0 aromatic heterocycles. The van der Waals surface area contributed by atoms with Crippen LogP contribution < -0.4 is 0 Å². The normalized spacial score (nSPS) is 14.1. The summed E-state index contributed by atoms with van der Waals surface area (Å²) in [6.45, 7) is 4.50. The van der Waals surface area contributed by atoms with Crippen LogP contribution in [0.5, 0.6) is 0 Å². The van der Waals surface area contributed by atoms with E-state index >= 15 is 0 Å². The first-order valence-electron chi connectivity index (χ1n) is 16.7. The van der Waals surface area contributed by atoms with Gasteiger partial charge >= 0.3 is 0 Å². The van der Waals surface area contributed by atoms with Gasteiger partial charge in [-0.15, -0.1) is 0 Å². The van der Waals surface area contributed by atoms with Crippen LogP contribution in [0.2, 0.25) is 0 Å². The average molecular weight is 531 g/mol. The Kier molecular flexibility index (Phi) is 31.1. The van der Waals surface area contributed by atoms with Gasteiger partial charge in [0.2, 0.25) is 0 Å². The van der Waals surface area contributed by atoms with Gasteiger partial charge < -0.3 is 10.2 Å². The van der Waals surface area contributed by atoms with Gasteiger partial charge in [-0.2, -0.15) is 0 Å².